The fraction of sp³-hybridized carbons (Fsp3) is 0. The van der Waals surface area contributed by atoms with Gasteiger partial charge >= 0.3 is 0 Å². The Morgan fingerprint density at radius 1 is 0.412 bits per heavy atom. The number of hydrogen-bond acceptors (Lipinski definition) is 3. The smallest absolute Gasteiger partial charge is 0.160 e. The Labute approximate surface area is 300 Å². The molecule has 8 aromatic carbocycles. The molecule has 10 aromatic rings. The van der Waals surface area contributed by atoms with Crippen LogP contribution in [0.25, 0.3) is 75.5 Å². The van der Waals surface area contributed by atoms with Crippen LogP contribution < -0.4 is 4.90 Å². The second kappa shape index (κ2) is 12.2. The van der Waals surface area contributed by atoms with Gasteiger partial charge in [0, 0.05) is 42.2 Å². The van der Waals surface area contributed by atoms with E-state index in [1.54, 1.807) is 0 Å². The standard InChI is InChI=1S/C48H31NOS/c1-4-15-32(16-5-1)35-29-36(33-17-6-2-7-18-33)31-37(30-35)49(42-23-14-26-45-46(42)41-22-11-13-25-44(41)51-45)47-38(34-19-8-3-9-20-34)27-28-40-39-21-10-12-24-43(39)50-48(40)47/h1-31H. The highest BCUT2D eigenvalue weighted by molar-refractivity contribution is 7.26. The third-order valence-electron chi connectivity index (χ3n) is 9.84. The van der Waals surface area contributed by atoms with E-state index in [4.69, 9.17) is 4.42 Å². The summed E-state index contributed by atoms with van der Waals surface area (Å²) in [7, 11) is 0. The van der Waals surface area contributed by atoms with Crippen LogP contribution in [0.1, 0.15) is 0 Å². The van der Waals surface area contributed by atoms with Crippen LogP contribution >= 0.6 is 11.3 Å². The van der Waals surface area contributed by atoms with Gasteiger partial charge in [0.1, 0.15) is 5.58 Å². The fourth-order valence-electron chi connectivity index (χ4n) is 7.51. The molecule has 0 fully saturated rings. The van der Waals surface area contributed by atoms with Gasteiger partial charge in [-0.1, -0.05) is 140 Å². The first kappa shape index (κ1) is 29.5. The summed E-state index contributed by atoms with van der Waals surface area (Å²) in [6, 6.07) is 67.4. The molecular formula is C48H31NOS. The molecule has 0 radical (unpaired) electrons. The largest absolute Gasteiger partial charge is 0.454 e. The third kappa shape index (κ3) is 5.01. The molecule has 0 aliphatic rings. The van der Waals surface area contributed by atoms with Gasteiger partial charge in [0.15, 0.2) is 5.58 Å². The minimum Gasteiger partial charge on any atom is -0.454 e. The molecule has 2 aromatic heterocycles. The highest BCUT2D eigenvalue weighted by Crippen LogP contribution is 2.51. The molecule has 2 heterocycles. The molecule has 51 heavy (non-hydrogen) atoms. The Kier molecular flexibility index (Phi) is 7.04. The zero-order valence-electron chi connectivity index (χ0n) is 27.7. The Morgan fingerprint density at radius 3 is 1.71 bits per heavy atom. The summed E-state index contributed by atoms with van der Waals surface area (Å²) in [5.74, 6) is 0. The normalized spacial score (nSPS) is 11.5. The number of hydrogen-bond donors (Lipinski definition) is 0. The van der Waals surface area contributed by atoms with Crippen LogP contribution in [0, 0.1) is 0 Å². The molecule has 0 spiro atoms. The van der Waals surface area contributed by atoms with E-state index in [0.717, 1.165) is 61.3 Å². The van der Waals surface area contributed by atoms with Gasteiger partial charge in [-0.05, 0) is 76.3 Å². The monoisotopic (exact) mass is 669 g/mol. The number of thiophene rings is 1. The van der Waals surface area contributed by atoms with Crippen LogP contribution in [0.5, 0.6) is 0 Å². The van der Waals surface area contributed by atoms with E-state index in [2.05, 4.69) is 187 Å². The van der Waals surface area contributed by atoms with Crippen LogP contribution in [-0.4, -0.2) is 0 Å². The van der Waals surface area contributed by atoms with Crippen molar-refractivity contribution in [2.45, 2.75) is 0 Å². The molecule has 0 aliphatic carbocycles. The first-order valence-corrected chi connectivity index (χ1v) is 18.1. The summed E-state index contributed by atoms with van der Waals surface area (Å²) in [5.41, 5.74) is 11.8. The maximum absolute atomic E-state index is 6.94. The lowest BCUT2D eigenvalue weighted by molar-refractivity contribution is 0.669. The molecule has 0 amide bonds. The second-order valence-electron chi connectivity index (χ2n) is 12.9. The van der Waals surface area contributed by atoms with Crippen molar-refractivity contribution in [3.8, 4) is 33.4 Å². The van der Waals surface area contributed by atoms with Crippen LogP contribution in [0.4, 0.5) is 17.1 Å². The number of anilines is 3. The minimum atomic E-state index is 0.862. The Balaban J connectivity index is 1.38. The fourth-order valence-corrected chi connectivity index (χ4v) is 8.64. The van der Waals surface area contributed by atoms with Gasteiger partial charge in [-0.25, -0.2) is 0 Å². The molecule has 0 N–H and O–H groups in total. The maximum Gasteiger partial charge on any atom is 0.160 e. The van der Waals surface area contributed by atoms with Gasteiger partial charge < -0.3 is 9.32 Å². The van der Waals surface area contributed by atoms with Crippen LogP contribution in [0.15, 0.2) is 192 Å². The van der Waals surface area contributed by atoms with E-state index in [0.29, 0.717) is 0 Å². The van der Waals surface area contributed by atoms with E-state index in [1.807, 2.05) is 17.4 Å². The number of nitrogens with zero attached hydrogens (tertiary/aromatic N) is 1. The van der Waals surface area contributed by atoms with Crippen LogP contribution in [-0.2, 0) is 0 Å². The topological polar surface area (TPSA) is 16.4 Å². The van der Waals surface area contributed by atoms with Crippen molar-refractivity contribution in [3.63, 3.8) is 0 Å². The van der Waals surface area contributed by atoms with Crippen molar-refractivity contribution in [3.05, 3.63) is 188 Å². The van der Waals surface area contributed by atoms with E-state index < -0.39 is 0 Å². The van der Waals surface area contributed by atoms with Crippen molar-refractivity contribution in [2.75, 3.05) is 4.90 Å². The average Bonchev–Trinajstić information content (AvgIpc) is 3.78. The third-order valence-corrected chi connectivity index (χ3v) is 11.0. The van der Waals surface area contributed by atoms with Gasteiger partial charge in [-0.15, -0.1) is 11.3 Å². The van der Waals surface area contributed by atoms with Gasteiger partial charge in [-0.3, -0.25) is 0 Å². The lowest BCUT2D eigenvalue weighted by Gasteiger charge is -2.30. The molecule has 0 saturated heterocycles. The van der Waals surface area contributed by atoms with Crippen molar-refractivity contribution in [2.24, 2.45) is 0 Å². The van der Waals surface area contributed by atoms with Gasteiger partial charge in [0.05, 0.1) is 11.4 Å². The number of para-hydroxylation sites is 1. The number of fused-ring (bicyclic) bond motifs is 6. The molecule has 10 rings (SSSR count). The predicted octanol–water partition coefficient (Wildman–Crippen LogP) is 14.4. The van der Waals surface area contributed by atoms with Crippen LogP contribution in [0.2, 0.25) is 0 Å². The summed E-state index contributed by atoms with van der Waals surface area (Å²) in [6.07, 6.45) is 0. The van der Waals surface area contributed by atoms with Gasteiger partial charge in [0.2, 0.25) is 0 Å². The summed E-state index contributed by atoms with van der Waals surface area (Å²) in [6.45, 7) is 0. The van der Waals surface area contributed by atoms with Gasteiger partial charge in [0.25, 0.3) is 0 Å². The van der Waals surface area contributed by atoms with Crippen molar-refractivity contribution >= 4 is 70.5 Å². The molecular weight excluding hydrogens is 639 g/mol. The minimum absolute atomic E-state index is 0.862. The first-order valence-electron chi connectivity index (χ1n) is 17.3. The highest BCUT2D eigenvalue weighted by atomic mass is 32.1. The molecule has 3 heteroatoms. The quantitative estimate of drug-likeness (QED) is 0.175. The average molecular weight is 670 g/mol. The Hall–Kier alpha value is -6.42. The van der Waals surface area contributed by atoms with E-state index in [9.17, 15) is 0 Å². The van der Waals surface area contributed by atoms with E-state index >= 15 is 0 Å². The molecule has 0 atom stereocenters. The summed E-state index contributed by atoms with van der Waals surface area (Å²) < 4.78 is 9.46. The first-order chi connectivity index (χ1) is 25.3. The second-order valence-corrected chi connectivity index (χ2v) is 14.0. The lowest BCUT2D eigenvalue weighted by Crippen LogP contribution is -2.12. The van der Waals surface area contributed by atoms with Crippen LogP contribution in [0.3, 0.4) is 0 Å². The Morgan fingerprint density at radius 2 is 1.00 bits per heavy atom. The molecule has 0 saturated carbocycles. The SMILES string of the molecule is c1ccc(-c2cc(-c3ccccc3)cc(N(c3c(-c4ccccc4)ccc4c3oc3ccccc34)c3cccc4sc5ccccc5c34)c2)cc1. The zero-order valence-corrected chi connectivity index (χ0v) is 28.5. The van der Waals surface area contributed by atoms with Crippen molar-refractivity contribution < 1.29 is 4.42 Å². The number of rotatable bonds is 6. The molecule has 0 bridgehead atoms. The summed E-state index contributed by atoms with van der Waals surface area (Å²) in [4.78, 5) is 2.47. The summed E-state index contributed by atoms with van der Waals surface area (Å²) >= 11 is 1.84. The summed E-state index contributed by atoms with van der Waals surface area (Å²) in [5, 5.41) is 4.68. The lowest BCUT2D eigenvalue weighted by atomic mass is 9.95. The molecule has 0 unspecified atom stereocenters. The number of benzene rings is 8. The molecule has 240 valence electrons. The maximum atomic E-state index is 6.94. The Bertz CT molecular complexity index is 2790. The van der Waals surface area contributed by atoms with Gasteiger partial charge in [-0.2, -0.15) is 0 Å². The van der Waals surface area contributed by atoms with E-state index in [1.165, 1.54) is 31.3 Å². The molecule has 2 nitrogen and oxygen atoms in total. The number of furan rings is 1. The molecule has 0 aliphatic heterocycles. The van der Waals surface area contributed by atoms with Crippen molar-refractivity contribution in [1.82, 2.24) is 0 Å². The van der Waals surface area contributed by atoms with E-state index in [-0.39, 0.29) is 0 Å². The van der Waals surface area contributed by atoms with Crippen molar-refractivity contribution in [1.29, 1.82) is 0 Å². The predicted molar refractivity (Wildman–Crippen MR) is 218 cm³/mol. The zero-order chi connectivity index (χ0) is 33.7. The highest BCUT2D eigenvalue weighted by Gasteiger charge is 2.27.